The highest BCUT2D eigenvalue weighted by atomic mass is 127. The fourth-order valence-electron chi connectivity index (χ4n) is 1.55. The van der Waals surface area contributed by atoms with Crippen LogP contribution in [0.5, 0.6) is 0 Å². The first-order valence-corrected chi connectivity index (χ1v) is 6.14. The lowest BCUT2D eigenvalue weighted by Crippen LogP contribution is -1.96. The first-order chi connectivity index (χ1) is 6.24. The quantitative estimate of drug-likeness (QED) is 0.631. The Hall–Kier alpha value is -0.290. The Kier molecular flexibility index (Phi) is 2.47. The molecule has 0 saturated carbocycles. The van der Waals surface area contributed by atoms with Crippen molar-refractivity contribution < 1.29 is 0 Å². The summed E-state index contributed by atoms with van der Waals surface area (Å²) in [7, 11) is 0. The number of nitrogens with two attached hydrogens (primary N) is 1. The van der Waals surface area contributed by atoms with Crippen LogP contribution in [-0.4, -0.2) is 0 Å². The minimum absolute atomic E-state index is 0.953. The third-order valence-corrected chi connectivity index (χ3v) is 3.97. The molecule has 68 valence electrons. The Morgan fingerprint density at radius 2 is 2.31 bits per heavy atom. The van der Waals surface area contributed by atoms with Crippen molar-refractivity contribution in [3.05, 3.63) is 26.6 Å². The van der Waals surface area contributed by atoms with Gasteiger partial charge in [-0.05, 0) is 57.5 Å². The molecule has 1 aromatic heterocycles. The zero-order valence-corrected chi connectivity index (χ0v) is 10.3. The Morgan fingerprint density at radius 1 is 1.54 bits per heavy atom. The van der Waals surface area contributed by atoms with Crippen molar-refractivity contribution in [2.45, 2.75) is 13.3 Å². The van der Waals surface area contributed by atoms with Crippen molar-refractivity contribution in [2.75, 3.05) is 5.73 Å². The SMILES string of the molecule is CCc1c(N)c(I)cc2sccc12. The molecule has 13 heavy (non-hydrogen) atoms. The van der Waals surface area contributed by atoms with Crippen LogP contribution in [-0.2, 0) is 6.42 Å². The van der Waals surface area contributed by atoms with E-state index >= 15 is 0 Å². The molecular weight excluding hydrogens is 293 g/mol. The molecule has 0 atom stereocenters. The van der Waals surface area contributed by atoms with Gasteiger partial charge in [0.2, 0.25) is 0 Å². The number of nitrogen functional groups attached to an aromatic ring is 1. The lowest BCUT2D eigenvalue weighted by molar-refractivity contribution is 1.16. The van der Waals surface area contributed by atoms with E-state index in [0.29, 0.717) is 0 Å². The summed E-state index contributed by atoms with van der Waals surface area (Å²) in [5, 5.41) is 3.45. The number of aryl methyl sites for hydroxylation is 1. The zero-order valence-electron chi connectivity index (χ0n) is 7.30. The molecule has 1 aromatic carbocycles. The summed E-state index contributed by atoms with van der Waals surface area (Å²) in [6, 6.07) is 4.32. The summed E-state index contributed by atoms with van der Waals surface area (Å²) in [6.07, 6.45) is 1.01. The zero-order chi connectivity index (χ0) is 9.42. The number of hydrogen-bond donors (Lipinski definition) is 1. The second-order valence-electron chi connectivity index (χ2n) is 2.94. The maximum atomic E-state index is 6.02. The lowest BCUT2D eigenvalue weighted by atomic mass is 10.1. The van der Waals surface area contributed by atoms with Gasteiger partial charge in [-0.1, -0.05) is 6.92 Å². The van der Waals surface area contributed by atoms with Crippen LogP contribution in [0.2, 0.25) is 0 Å². The van der Waals surface area contributed by atoms with Crippen molar-refractivity contribution in [1.82, 2.24) is 0 Å². The number of rotatable bonds is 1. The van der Waals surface area contributed by atoms with Gasteiger partial charge in [0.1, 0.15) is 0 Å². The predicted octanol–water partition coefficient (Wildman–Crippen LogP) is 3.65. The maximum absolute atomic E-state index is 6.02. The van der Waals surface area contributed by atoms with E-state index in [1.165, 1.54) is 19.2 Å². The number of fused-ring (bicyclic) bond motifs is 1. The highest BCUT2D eigenvalue weighted by Gasteiger charge is 2.07. The van der Waals surface area contributed by atoms with Gasteiger partial charge in [0.15, 0.2) is 0 Å². The van der Waals surface area contributed by atoms with Gasteiger partial charge in [-0.15, -0.1) is 11.3 Å². The molecule has 0 radical (unpaired) electrons. The Bertz CT molecular complexity index is 447. The molecular formula is C10H10INS. The molecule has 0 aliphatic carbocycles. The van der Waals surface area contributed by atoms with Crippen molar-refractivity contribution in [3.63, 3.8) is 0 Å². The van der Waals surface area contributed by atoms with Crippen LogP contribution in [0.1, 0.15) is 12.5 Å². The molecule has 0 unspecified atom stereocenters. The standard InChI is InChI=1S/C10H10INS/c1-2-6-7-3-4-13-9(7)5-8(11)10(6)12/h3-5H,2,12H2,1H3. The van der Waals surface area contributed by atoms with E-state index in [1.807, 2.05) is 0 Å². The number of anilines is 1. The Labute approximate surface area is 95.1 Å². The van der Waals surface area contributed by atoms with Crippen LogP contribution >= 0.6 is 33.9 Å². The van der Waals surface area contributed by atoms with Gasteiger partial charge in [0.25, 0.3) is 0 Å². The molecule has 0 aliphatic rings. The van der Waals surface area contributed by atoms with Gasteiger partial charge in [0.05, 0.1) is 0 Å². The fourth-order valence-corrected chi connectivity index (χ4v) is 3.25. The van der Waals surface area contributed by atoms with E-state index in [0.717, 1.165) is 12.1 Å². The summed E-state index contributed by atoms with van der Waals surface area (Å²) in [5.74, 6) is 0. The molecule has 1 heterocycles. The first-order valence-electron chi connectivity index (χ1n) is 4.18. The highest BCUT2D eigenvalue weighted by molar-refractivity contribution is 14.1. The van der Waals surface area contributed by atoms with Crippen LogP contribution in [0.4, 0.5) is 5.69 Å². The van der Waals surface area contributed by atoms with Gasteiger partial charge in [-0.2, -0.15) is 0 Å². The fraction of sp³-hybridized carbons (Fsp3) is 0.200. The molecule has 2 rings (SSSR count). The predicted molar refractivity (Wildman–Crippen MR) is 68.3 cm³/mol. The molecule has 0 spiro atoms. The minimum Gasteiger partial charge on any atom is -0.398 e. The monoisotopic (exact) mass is 303 g/mol. The van der Waals surface area contributed by atoms with Gasteiger partial charge >= 0.3 is 0 Å². The molecule has 0 amide bonds. The molecule has 0 fully saturated rings. The molecule has 3 heteroatoms. The summed E-state index contributed by atoms with van der Waals surface area (Å²) in [5.41, 5.74) is 8.26. The lowest BCUT2D eigenvalue weighted by Gasteiger charge is -2.06. The second kappa shape index (κ2) is 3.46. The van der Waals surface area contributed by atoms with Gasteiger partial charge in [-0.3, -0.25) is 0 Å². The van der Waals surface area contributed by atoms with Crippen LogP contribution < -0.4 is 5.73 Å². The van der Waals surface area contributed by atoms with Crippen molar-refractivity contribution >= 4 is 49.7 Å². The molecule has 0 aliphatic heterocycles. The Balaban J connectivity index is 2.87. The van der Waals surface area contributed by atoms with E-state index < -0.39 is 0 Å². The average molecular weight is 303 g/mol. The third-order valence-electron chi connectivity index (χ3n) is 2.21. The van der Waals surface area contributed by atoms with Gasteiger partial charge in [-0.25, -0.2) is 0 Å². The average Bonchev–Trinajstić information content (AvgIpc) is 2.54. The molecule has 0 bridgehead atoms. The topological polar surface area (TPSA) is 26.0 Å². The number of halogens is 1. The minimum atomic E-state index is 0.953. The summed E-state index contributed by atoms with van der Waals surface area (Å²) in [4.78, 5) is 0. The van der Waals surface area contributed by atoms with Crippen LogP contribution in [0.15, 0.2) is 17.5 Å². The molecule has 2 N–H and O–H groups in total. The normalized spacial score (nSPS) is 10.9. The third kappa shape index (κ3) is 1.44. The number of benzene rings is 1. The summed E-state index contributed by atoms with van der Waals surface area (Å²) < 4.78 is 2.51. The van der Waals surface area contributed by atoms with Gasteiger partial charge < -0.3 is 5.73 Å². The van der Waals surface area contributed by atoms with E-state index in [1.54, 1.807) is 11.3 Å². The summed E-state index contributed by atoms with van der Waals surface area (Å²) in [6.45, 7) is 2.15. The van der Waals surface area contributed by atoms with Crippen LogP contribution in [0, 0.1) is 3.57 Å². The maximum Gasteiger partial charge on any atom is 0.0489 e. The van der Waals surface area contributed by atoms with Crippen molar-refractivity contribution in [2.24, 2.45) is 0 Å². The number of thiophene rings is 1. The van der Waals surface area contributed by atoms with E-state index in [2.05, 4.69) is 47.0 Å². The molecule has 2 aromatic rings. The van der Waals surface area contributed by atoms with Gasteiger partial charge in [0, 0.05) is 14.0 Å². The summed E-state index contributed by atoms with van der Waals surface area (Å²) >= 11 is 4.08. The van der Waals surface area contributed by atoms with Crippen molar-refractivity contribution in [3.8, 4) is 0 Å². The highest BCUT2D eigenvalue weighted by Crippen LogP contribution is 2.32. The van der Waals surface area contributed by atoms with E-state index in [4.69, 9.17) is 5.73 Å². The van der Waals surface area contributed by atoms with E-state index in [-0.39, 0.29) is 0 Å². The van der Waals surface area contributed by atoms with Crippen LogP contribution in [0.3, 0.4) is 0 Å². The number of hydrogen-bond acceptors (Lipinski definition) is 2. The van der Waals surface area contributed by atoms with Crippen molar-refractivity contribution in [1.29, 1.82) is 0 Å². The second-order valence-corrected chi connectivity index (χ2v) is 5.05. The van der Waals surface area contributed by atoms with Crippen LogP contribution in [0.25, 0.3) is 10.1 Å². The smallest absolute Gasteiger partial charge is 0.0489 e. The largest absolute Gasteiger partial charge is 0.398 e. The first kappa shape index (κ1) is 9.27. The van der Waals surface area contributed by atoms with E-state index in [9.17, 15) is 0 Å². The molecule has 1 nitrogen and oxygen atoms in total. The molecule has 0 saturated heterocycles. The Morgan fingerprint density at radius 3 is 3.00 bits per heavy atom.